The first-order valence-electron chi connectivity index (χ1n) is 13.3. The number of hydrogen-bond donors (Lipinski definition) is 0. The lowest BCUT2D eigenvalue weighted by atomic mass is 9.86. The van der Waals surface area contributed by atoms with E-state index >= 15 is 0 Å². The highest BCUT2D eigenvalue weighted by molar-refractivity contribution is 5.82. The molecule has 0 spiro atoms. The van der Waals surface area contributed by atoms with Crippen LogP contribution in [-0.4, -0.2) is 28.0 Å². The van der Waals surface area contributed by atoms with Crippen LogP contribution in [0.2, 0.25) is 0 Å². The topological polar surface area (TPSA) is 29.0 Å². The molecule has 0 bridgehead atoms. The summed E-state index contributed by atoms with van der Waals surface area (Å²) >= 11 is 0. The third kappa shape index (κ3) is 5.36. The standard InChI is InChI=1S/C33H37N3/c1-23(2)10-8-9-13-31-33(26-11-6-5-7-12-26)35-30-17-16-27(21-32(30)34-31)25(4)36-19-18-28-20-24(3)14-15-29(28)22-36/h5-7,11-12,14-17,21,24H,1,4,8-10,13,18-20,22H2,2-3H3. The fourth-order valence-electron chi connectivity index (χ4n) is 5.37. The lowest BCUT2D eigenvalue weighted by Gasteiger charge is -2.35. The maximum Gasteiger partial charge on any atom is 0.0925 e. The normalized spacial score (nSPS) is 17.4. The van der Waals surface area contributed by atoms with Crippen LogP contribution in [0.4, 0.5) is 0 Å². The first kappa shape index (κ1) is 24.2. The van der Waals surface area contributed by atoms with Gasteiger partial charge in [0.25, 0.3) is 0 Å². The van der Waals surface area contributed by atoms with Crippen LogP contribution in [0.5, 0.6) is 0 Å². The van der Waals surface area contributed by atoms with Crippen LogP contribution >= 0.6 is 0 Å². The highest BCUT2D eigenvalue weighted by atomic mass is 15.1. The van der Waals surface area contributed by atoms with Gasteiger partial charge in [-0.3, -0.25) is 0 Å². The van der Waals surface area contributed by atoms with Gasteiger partial charge in [0, 0.05) is 24.4 Å². The summed E-state index contributed by atoms with van der Waals surface area (Å²) in [4.78, 5) is 12.7. The molecule has 2 heterocycles. The smallest absolute Gasteiger partial charge is 0.0925 e. The molecule has 3 heteroatoms. The summed E-state index contributed by atoms with van der Waals surface area (Å²) in [5.74, 6) is 0.660. The van der Waals surface area contributed by atoms with Crippen LogP contribution in [0, 0.1) is 5.92 Å². The Balaban J connectivity index is 1.42. The summed E-state index contributed by atoms with van der Waals surface area (Å²) in [7, 11) is 0. The second-order valence-electron chi connectivity index (χ2n) is 10.5. The zero-order valence-corrected chi connectivity index (χ0v) is 21.8. The predicted molar refractivity (Wildman–Crippen MR) is 153 cm³/mol. The van der Waals surface area contributed by atoms with Crippen molar-refractivity contribution in [3.63, 3.8) is 0 Å². The van der Waals surface area contributed by atoms with Crippen molar-refractivity contribution in [2.24, 2.45) is 5.92 Å². The summed E-state index contributed by atoms with van der Waals surface area (Å²) in [6, 6.07) is 16.9. The minimum absolute atomic E-state index is 0.660. The molecule has 2 aromatic carbocycles. The van der Waals surface area contributed by atoms with E-state index < -0.39 is 0 Å². The van der Waals surface area contributed by atoms with Crippen molar-refractivity contribution in [2.75, 3.05) is 13.1 Å². The van der Waals surface area contributed by atoms with Gasteiger partial charge in [-0.1, -0.05) is 73.2 Å². The molecule has 184 valence electrons. The largest absolute Gasteiger partial charge is 0.367 e. The maximum atomic E-state index is 5.17. The van der Waals surface area contributed by atoms with E-state index in [1.807, 2.05) is 6.07 Å². The molecule has 5 rings (SSSR count). The summed E-state index contributed by atoms with van der Waals surface area (Å²) in [6.45, 7) is 14.9. The molecular formula is C33H37N3. The SMILES string of the molecule is C=C(C)CCCCc1nc2cc(C(=C)N3CCC4=C(C=CC(C)C4)C3)ccc2nc1-c1ccccc1. The Kier molecular flexibility index (Phi) is 7.18. The second kappa shape index (κ2) is 10.7. The second-order valence-corrected chi connectivity index (χ2v) is 10.5. The number of aryl methyl sites for hydroxylation is 1. The van der Waals surface area contributed by atoms with Gasteiger partial charge in [0.15, 0.2) is 0 Å². The first-order valence-corrected chi connectivity index (χ1v) is 13.3. The van der Waals surface area contributed by atoms with Crippen LogP contribution in [0.1, 0.15) is 57.2 Å². The van der Waals surface area contributed by atoms with E-state index in [4.69, 9.17) is 9.97 Å². The number of fused-ring (bicyclic) bond motifs is 1. The van der Waals surface area contributed by atoms with Gasteiger partial charge < -0.3 is 4.90 Å². The molecule has 0 amide bonds. The molecule has 1 aliphatic carbocycles. The molecular weight excluding hydrogens is 438 g/mol. The van der Waals surface area contributed by atoms with E-state index in [0.717, 1.165) is 84.4 Å². The molecule has 0 radical (unpaired) electrons. The van der Waals surface area contributed by atoms with Crippen molar-refractivity contribution >= 4 is 16.7 Å². The van der Waals surface area contributed by atoms with Crippen LogP contribution in [-0.2, 0) is 6.42 Å². The molecule has 1 aromatic heterocycles. The van der Waals surface area contributed by atoms with Gasteiger partial charge in [-0.25, -0.2) is 9.97 Å². The molecule has 0 saturated heterocycles. The van der Waals surface area contributed by atoms with Gasteiger partial charge in [-0.2, -0.15) is 0 Å². The molecule has 36 heavy (non-hydrogen) atoms. The van der Waals surface area contributed by atoms with Crippen molar-refractivity contribution in [3.05, 3.63) is 102 Å². The number of unbranched alkanes of at least 4 members (excludes halogenated alkanes) is 1. The Labute approximate surface area is 216 Å². The van der Waals surface area contributed by atoms with Gasteiger partial charge in [0.2, 0.25) is 0 Å². The van der Waals surface area contributed by atoms with Gasteiger partial charge in [0.1, 0.15) is 0 Å². The van der Waals surface area contributed by atoms with E-state index in [1.165, 1.54) is 17.6 Å². The zero-order valence-electron chi connectivity index (χ0n) is 21.8. The maximum absolute atomic E-state index is 5.17. The van der Waals surface area contributed by atoms with Crippen molar-refractivity contribution in [3.8, 4) is 11.3 Å². The molecule has 1 aliphatic heterocycles. The summed E-state index contributed by atoms with van der Waals surface area (Å²) < 4.78 is 0. The van der Waals surface area contributed by atoms with E-state index in [0.29, 0.717) is 5.92 Å². The van der Waals surface area contributed by atoms with E-state index in [1.54, 1.807) is 5.57 Å². The fraction of sp³-hybridized carbons (Fsp3) is 0.333. The van der Waals surface area contributed by atoms with E-state index in [-0.39, 0.29) is 0 Å². The number of nitrogens with zero attached hydrogens (tertiary/aromatic N) is 3. The number of aromatic nitrogens is 2. The van der Waals surface area contributed by atoms with Crippen LogP contribution in [0.25, 0.3) is 28.0 Å². The third-order valence-electron chi connectivity index (χ3n) is 7.46. The molecule has 2 aliphatic rings. The van der Waals surface area contributed by atoms with Crippen molar-refractivity contribution in [2.45, 2.75) is 52.4 Å². The van der Waals surface area contributed by atoms with Crippen LogP contribution < -0.4 is 0 Å². The van der Waals surface area contributed by atoms with Crippen molar-refractivity contribution in [1.82, 2.24) is 14.9 Å². The molecule has 3 nitrogen and oxygen atoms in total. The van der Waals surface area contributed by atoms with Gasteiger partial charge in [0.05, 0.1) is 22.4 Å². The average molecular weight is 476 g/mol. The predicted octanol–water partition coefficient (Wildman–Crippen LogP) is 8.15. The minimum Gasteiger partial charge on any atom is -0.367 e. The first-order chi connectivity index (χ1) is 17.5. The monoisotopic (exact) mass is 475 g/mol. The highest BCUT2D eigenvalue weighted by Crippen LogP contribution is 2.33. The van der Waals surface area contributed by atoms with Crippen molar-refractivity contribution in [1.29, 1.82) is 0 Å². The molecule has 0 fully saturated rings. The van der Waals surface area contributed by atoms with Crippen LogP contribution in [0.15, 0.2) is 90.6 Å². The summed E-state index contributed by atoms with van der Waals surface area (Å²) in [5, 5.41) is 0. The molecule has 3 aromatic rings. The highest BCUT2D eigenvalue weighted by Gasteiger charge is 2.22. The van der Waals surface area contributed by atoms with Crippen LogP contribution in [0.3, 0.4) is 0 Å². The number of allylic oxidation sites excluding steroid dienone is 2. The van der Waals surface area contributed by atoms with E-state index in [9.17, 15) is 0 Å². The Morgan fingerprint density at radius 3 is 2.67 bits per heavy atom. The minimum atomic E-state index is 0.660. The molecule has 1 atom stereocenters. The fourth-order valence-corrected chi connectivity index (χ4v) is 5.37. The summed E-state index contributed by atoms with van der Waals surface area (Å²) in [6.07, 6.45) is 11.2. The molecule has 0 saturated carbocycles. The number of rotatable bonds is 8. The Morgan fingerprint density at radius 2 is 1.86 bits per heavy atom. The van der Waals surface area contributed by atoms with E-state index in [2.05, 4.69) is 86.5 Å². The lowest BCUT2D eigenvalue weighted by molar-refractivity contribution is 0.403. The summed E-state index contributed by atoms with van der Waals surface area (Å²) in [5.41, 5.74) is 11.6. The van der Waals surface area contributed by atoms with Gasteiger partial charge in [-0.05, 0) is 74.6 Å². The van der Waals surface area contributed by atoms with Crippen molar-refractivity contribution < 1.29 is 0 Å². The Morgan fingerprint density at radius 1 is 1.03 bits per heavy atom. The zero-order chi connectivity index (χ0) is 25.1. The number of benzene rings is 2. The average Bonchev–Trinajstić information content (AvgIpc) is 2.90. The number of hydrogen-bond acceptors (Lipinski definition) is 3. The quantitative estimate of drug-likeness (QED) is 0.243. The van der Waals surface area contributed by atoms with Gasteiger partial charge >= 0.3 is 0 Å². The molecule has 1 unspecified atom stereocenters. The molecule has 0 N–H and O–H groups in total. The Hall–Kier alpha value is -3.46. The third-order valence-corrected chi connectivity index (χ3v) is 7.46. The lowest BCUT2D eigenvalue weighted by Crippen LogP contribution is -2.31. The van der Waals surface area contributed by atoms with Gasteiger partial charge in [-0.15, -0.1) is 6.58 Å². The Bertz CT molecular complexity index is 1350.